The maximum absolute atomic E-state index is 13.8. The first kappa shape index (κ1) is 14.8. The van der Waals surface area contributed by atoms with Crippen molar-refractivity contribution in [3.8, 4) is 5.75 Å². The third-order valence-corrected chi connectivity index (χ3v) is 3.42. The molecule has 0 aliphatic heterocycles. The van der Waals surface area contributed by atoms with E-state index in [2.05, 4.69) is 21.2 Å². The highest BCUT2D eigenvalue weighted by Gasteiger charge is 2.18. The Morgan fingerprint density at radius 1 is 1.35 bits per heavy atom. The van der Waals surface area contributed by atoms with Gasteiger partial charge in [-0.3, -0.25) is 4.79 Å². The van der Waals surface area contributed by atoms with E-state index in [9.17, 15) is 9.18 Å². The molecule has 0 radical (unpaired) electrons. The first-order chi connectivity index (χ1) is 9.52. The van der Waals surface area contributed by atoms with Crippen molar-refractivity contribution < 1.29 is 13.9 Å². The highest BCUT2D eigenvalue weighted by atomic mass is 79.9. The zero-order chi connectivity index (χ0) is 14.7. The topological polar surface area (TPSA) is 38.3 Å². The van der Waals surface area contributed by atoms with Crippen LogP contribution in [0, 0.1) is 5.82 Å². The summed E-state index contributed by atoms with van der Waals surface area (Å²) in [5.41, 5.74) is 0.224. The van der Waals surface area contributed by atoms with Crippen LogP contribution in [0.1, 0.15) is 10.4 Å². The summed E-state index contributed by atoms with van der Waals surface area (Å²) in [7, 11) is 1.37. The van der Waals surface area contributed by atoms with E-state index < -0.39 is 11.7 Å². The maximum atomic E-state index is 13.8. The number of amides is 1. The summed E-state index contributed by atoms with van der Waals surface area (Å²) >= 11 is 9.26. The van der Waals surface area contributed by atoms with Crippen LogP contribution in [-0.2, 0) is 0 Å². The third-order valence-electron chi connectivity index (χ3n) is 2.60. The van der Waals surface area contributed by atoms with Gasteiger partial charge in [0.15, 0.2) is 0 Å². The molecule has 0 fully saturated rings. The van der Waals surface area contributed by atoms with Crippen LogP contribution in [0.4, 0.5) is 10.1 Å². The van der Waals surface area contributed by atoms with E-state index in [4.69, 9.17) is 16.3 Å². The van der Waals surface area contributed by atoms with Gasteiger partial charge < -0.3 is 10.1 Å². The van der Waals surface area contributed by atoms with Crippen LogP contribution in [0.2, 0.25) is 5.02 Å². The highest BCUT2D eigenvalue weighted by molar-refractivity contribution is 9.10. The third kappa shape index (κ3) is 3.11. The second-order valence-electron chi connectivity index (χ2n) is 3.90. The normalized spacial score (nSPS) is 10.2. The zero-order valence-electron chi connectivity index (χ0n) is 10.4. The molecular formula is C14H10BrClFNO2. The molecule has 0 unspecified atom stereocenters. The predicted octanol–water partition coefficient (Wildman–Crippen LogP) is 4.50. The first-order valence-electron chi connectivity index (χ1n) is 5.62. The Balaban J connectivity index is 2.36. The number of ether oxygens (including phenoxy) is 1. The molecule has 1 N–H and O–H groups in total. The minimum Gasteiger partial charge on any atom is -0.496 e. The summed E-state index contributed by atoms with van der Waals surface area (Å²) < 4.78 is 19.5. The van der Waals surface area contributed by atoms with Gasteiger partial charge in [-0.2, -0.15) is 0 Å². The van der Waals surface area contributed by atoms with Crippen molar-refractivity contribution in [3.05, 3.63) is 57.3 Å². The molecule has 0 aromatic heterocycles. The van der Waals surface area contributed by atoms with Gasteiger partial charge in [-0.25, -0.2) is 4.39 Å². The van der Waals surface area contributed by atoms with E-state index >= 15 is 0 Å². The number of halogens is 3. The van der Waals surface area contributed by atoms with Gasteiger partial charge in [-0.1, -0.05) is 33.6 Å². The Morgan fingerprint density at radius 3 is 2.80 bits per heavy atom. The number of rotatable bonds is 3. The van der Waals surface area contributed by atoms with Gasteiger partial charge in [0.25, 0.3) is 5.91 Å². The number of hydrogen-bond donors (Lipinski definition) is 1. The van der Waals surface area contributed by atoms with Gasteiger partial charge >= 0.3 is 0 Å². The average Bonchev–Trinajstić information content (AvgIpc) is 2.42. The number of carbonyl (C=O) groups is 1. The molecule has 6 heteroatoms. The highest BCUT2D eigenvalue weighted by Crippen LogP contribution is 2.28. The number of anilines is 1. The lowest BCUT2D eigenvalue weighted by Gasteiger charge is -2.11. The van der Waals surface area contributed by atoms with Crippen LogP contribution >= 0.6 is 27.5 Å². The molecule has 0 bridgehead atoms. The van der Waals surface area contributed by atoms with Crippen molar-refractivity contribution in [1.29, 1.82) is 0 Å². The SMILES string of the molecule is COc1cccc(F)c1C(=O)Nc1cc(Br)ccc1Cl. The summed E-state index contributed by atoms with van der Waals surface area (Å²) in [5, 5.41) is 2.92. The zero-order valence-corrected chi connectivity index (χ0v) is 12.8. The summed E-state index contributed by atoms with van der Waals surface area (Å²) in [6, 6.07) is 9.17. The summed E-state index contributed by atoms with van der Waals surface area (Å²) in [6.07, 6.45) is 0. The molecule has 3 nitrogen and oxygen atoms in total. The second-order valence-corrected chi connectivity index (χ2v) is 5.22. The molecule has 0 saturated carbocycles. The van der Waals surface area contributed by atoms with Crippen LogP contribution in [0.5, 0.6) is 5.75 Å². The number of methoxy groups -OCH3 is 1. The molecule has 0 aliphatic rings. The smallest absolute Gasteiger partial charge is 0.262 e. The first-order valence-corrected chi connectivity index (χ1v) is 6.79. The molecule has 0 spiro atoms. The van der Waals surface area contributed by atoms with Gasteiger partial charge in [-0.15, -0.1) is 0 Å². The monoisotopic (exact) mass is 357 g/mol. The Bertz CT molecular complexity index is 664. The molecular weight excluding hydrogens is 349 g/mol. The number of nitrogens with one attached hydrogen (secondary N) is 1. The number of carbonyl (C=O) groups excluding carboxylic acids is 1. The summed E-state index contributed by atoms with van der Waals surface area (Å²) in [6.45, 7) is 0. The molecule has 104 valence electrons. The predicted molar refractivity (Wildman–Crippen MR) is 80.1 cm³/mol. The van der Waals surface area contributed by atoms with E-state index in [0.29, 0.717) is 10.7 Å². The van der Waals surface area contributed by atoms with E-state index in [0.717, 1.165) is 4.47 Å². The summed E-state index contributed by atoms with van der Waals surface area (Å²) in [4.78, 5) is 12.2. The van der Waals surface area contributed by atoms with Gasteiger partial charge in [-0.05, 0) is 30.3 Å². The molecule has 0 saturated heterocycles. The fraction of sp³-hybridized carbons (Fsp3) is 0.0714. The Hall–Kier alpha value is -1.59. The van der Waals surface area contributed by atoms with Crippen molar-refractivity contribution in [1.82, 2.24) is 0 Å². The fourth-order valence-electron chi connectivity index (χ4n) is 1.67. The van der Waals surface area contributed by atoms with Gasteiger partial charge in [0, 0.05) is 4.47 Å². The molecule has 0 atom stereocenters. The standard InChI is InChI=1S/C14H10BrClFNO2/c1-20-12-4-2-3-10(17)13(12)14(19)18-11-7-8(15)5-6-9(11)16/h2-7H,1H3,(H,18,19). The van der Waals surface area contributed by atoms with E-state index in [1.807, 2.05) is 0 Å². The number of hydrogen-bond acceptors (Lipinski definition) is 2. The lowest BCUT2D eigenvalue weighted by Crippen LogP contribution is -2.15. The lowest BCUT2D eigenvalue weighted by atomic mass is 10.1. The minimum absolute atomic E-state index is 0.161. The van der Waals surface area contributed by atoms with Crippen LogP contribution in [0.25, 0.3) is 0 Å². The molecule has 0 aliphatic carbocycles. The van der Waals surface area contributed by atoms with Gasteiger partial charge in [0.1, 0.15) is 17.1 Å². The van der Waals surface area contributed by atoms with Crippen LogP contribution < -0.4 is 10.1 Å². The Kier molecular flexibility index (Phi) is 4.62. The number of benzene rings is 2. The molecule has 20 heavy (non-hydrogen) atoms. The maximum Gasteiger partial charge on any atom is 0.262 e. The fourth-order valence-corrected chi connectivity index (χ4v) is 2.20. The second kappa shape index (κ2) is 6.24. The van der Waals surface area contributed by atoms with Crippen LogP contribution in [-0.4, -0.2) is 13.0 Å². The van der Waals surface area contributed by atoms with Crippen molar-refractivity contribution in [3.63, 3.8) is 0 Å². The Morgan fingerprint density at radius 2 is 2.10 bits per heavy atom. The van der Waals surface area contributed by atoms with Crippen molar-refractivity contribution in [2.24, 2.45) is 0 Å². The van der Waals surface area contributed by atoms with Gasteiger partial charge in [0.05, 0.1) is 17.8 Å². The van der Waals surface area contributed by atoms with E-state index in [1.165, 1.54) is 25.3 Å². The Labute approximate surface area is 128 Å². The lowest BCUT2D eigenvalue weighted by molar-refractivity contribution is 0.102. The van der Waals surface area contributed by atoms with Crippen molar-refractivity contribution >= 4 is 39.1 Å². The average molecular weight is 359 g/mol. The summed E-state index contributed by atoms with van der Waals surface area (Å²) in [5.74, 6) is -1.12. The van der Waals surface area contributed by atoms with Crippen molar-refractivity contribution in [2.45, 2.75) is 0 Å². The molecule has 2 aromatic rings. The van der Waals surface area contributed by atoms with Gasteiger partial charge in [0.2, 0.25) is 0 Å². The van der Waals surface area contributed by atoms with Crippen molar-refractivity contribution in [2.75, 3.05) is 12.4 Å². The van der Waals surface area contributed by atoms with Crippen LogP contribution in [0.3, 0.4) is 0 Å². The van der Waals surface area contributed by atoms with E-state index in [1.54, 1.807) is 18.2 Å². The molecule has 2 rings (SSSR count). The van der Waals surface area contributed by atoms with E-state index in [-0.39, 0.29) is 11.3 Å². The largest absolute Gasteiger partial charge is 0.496 e. The quantitative estimate of drug-likeness (QED) is 0.877. The van der Waals surface area contributed by atoms with Crippen LogP contribution in [0.15, 0.2) is 40.9 Å². The molecule has 0 heterocycles. The molecule has 1 amide bonds. The minimum atomic E-state index is -0.659. The molecule has 2 aromatic carbocycles.